The molecular weight excluding hydrogens is 402 g/mol. The largest absolute Gasteiger partial charge is 0.276 e. The van der Waals surface area contributed by atoms with Crippen molar-refractivity contribution in [1.29, 1.82) is 0 Å². The maximum atomic E-state index is 13.0. The summed E-state index contributed by atoms with van der Waals surface area (Å²) >= 11 is 1.46. The summed E-state index contributed by atoms with van der Waals surface area (Å²) in [6.45, 7) is 4.63. The molecule has 30 heavy (non-hydrogen) atoms. The number of aryl methyl sites for hydroxylation is 1. The van der Waals surface area contributed by atoms with E-state index in [0.29, 0.717) is 22.9 Å². The minimum atomic E-state index is -0.396. The van der Waals surface area contributed by atoms with Crippen LogP contribution in [0.25, 0.3) is 16.7 Å². The molecule has 0 amide bonds. The highest BCUT2D eigenvalue weighted by molar-refractivity contribution is 7.99. The van der Waals surface area contributed by atoms with Gasteiger partial charge in [-0.05, 0) is 31.0 Å². The summed E-state index contributed by atoms with van der Waals surface area (Å²) in [5, 5.41) is 21.0. The van der Waals surface area contributed by atoms with Crippen molar-refractivity contribution in [3.63, 3.8) is 0 Å². The molecule has 4 aromatic rings. The Bertz CT molecular complexity index is 1300. The van der Waals surface area contributed by atoms with Gasteiger partial charge in [0.05, 0.1) is 15.8 Å². The minimum absolute atomic E-state index is 0.0601. The standard InChI is InChI=1S/C21H21N5O3S/c1-3-4-12-24-19(27)17-10-5-6-11-18(17)25-20(24)22-23-21(25)30-14(2)15-8-7-9-16(13-15)26(28)29/h5-11,13-14H,3-4,12H2,1-2H3. The molecule has 2 aromatic carbocycles. The summed E-state index contributed by atoms with van der Waals surface area (Å²) in [6.07, 6.45) is 1.83. The molecule has 9 heteroatoms. The van der Waals surface area contributed by atoms with Crippen molar-refractivity contribution in [2.24, 2.45) is 0 Å². The lowest BCUT2D eigenvalue weighted by Gasteiger charge is -2.13. The topological polar surface area (TPSA) is 95.3 Å². The van der Waals surface area contributed by atoms with E-state index in [0.717, 1.165) is 23.9 Å². The minimum Gasteiger partial charge on any atom is -0.276 e. The summed E-state index contributed by atoms with van der Waals surface area (Å²) in [4.78, 5) is 23.7. The molecule has 154 valence electrons. The van der Waals surface area contributed by atoms with Crippen molar-refractivity contribution in [1.82, 2.24) is 19.2 Å². The van der Waals surface area contributed by atoms with Crippen molar-refractivity contribution < 1.29 is 4.92 Å². The lowest BCUT2D eigenvalue weighted by Crippen LogP contribution is -2.23. The highest BCUT2D eigenvalue weighted by Gasteiger charge is 2.19. The van der Waals surface area contributed by atoms with Gasteiger partial charge in [-0.15, -0.1) is 10.2 Å². The van der Waals surface area contributed by atoms with E-state index in [9.17, 15) is 14.9 Å². The molecule has 0 fully saturated rings. The smallest absolute Gasteiger partial charge is 0.269 e. The van der Waals surface area contributed by atoms with Crippen LogP contribution in [0, 0.1) is 10.1 Å². The first kappa shape index (κ1) is 20.1. The van der Waals surface area contributed by atoms with Crippen LogP contribution in [0.2, 0.25) is 0 Å². The van der Waals surface area contributed by atoms with E-state index in [-0.39, 0.29) is 16.5 Å². The molecule has 2 heterocycles. The Hall–Kier alpha value is -3.20. The summed E-state index contributed by atoms with van der Waals surface area (Å²) < 4.78 is 3.59. The van der Waals surface area contributed by atoms with E-state index in [1.165, 1.54) is 17.8 Å². The second-order valence-electron chi connectivity index (χ2n) is 7.06. The molecule has 0 aliphatic carbocycles. The number of unbranched alkanes of at least 4 members (excludes halogenated alkanes) is 1. The third kappa shape index (κ3) is 3.56. The van der Waals surface area contributed by atoms with Crippen LogP contribution in [0.3, 0.4) is 0 Å². The average molecular weight is 423 g/mol. The number of hydrogen-bond acceptors (Lipinski definition) is 6. The molecule has 0 spiro atoms. The first-order chi connectivity index (χ1) is 14.5. The van der Waals surface area contributed by atoms with E-state index in [1.807, 2.05) is 41.7 Å². The van der Waals surface area contributed by atoms with Gasteiger partial charge in [-0.3, -0.25) is 23.9 Å². The highest BCUT2D eigenvalue weighted by atomic mass is 32.2. The van der Waals surface area contributed by atoms with Crippen LogP contribution in [0.15, 0.2) is 58.5 Å². The SMILES string of the molecule is CCCCn1c(=O)c2ccccc2n2c(SC(C)c3cccc([N+](=O)[O-])c3)nnc12. The number of non-ortho nitro benzene ring substituents is 1. The summed E-state index contributed by atoms with van der Waals surface area (Å²) in [5.41, 5.74) is 1.57. The van der Waals surface area contributed by atoms with Crippen LogP contribution >= 0.6 is 11.8 Å². The third-order valence-electron chi connectivity index (χ3n) is 5.05. The number of nitrogens with zero attached hydrogens (tertiary/aromatic N) is 5. The molecule has 0 bridgehead atoms. The molecule has 1 atom stereocenters. The zero-order valence-corrected chi connectivity index (χ0v) is 17.5. The van der Waals surface area contributed by atoms with Crippen LogP contribution in [-0.4, -0.2) is 24.1 Å². The maximum Gasteiger partial charge on any atom is 0.269 e. The number of aromatic nitrogens is 4. The van der Waals surface area contributed by atoms with Gasteiger partial charge in [0, 0.05) is 23.9 Å². The number of fused-ring (bicyclic) bond motifs is 3. The molecule has 0 radical (unpaired) electrons. The third-order valence-corrected chi connectivity index (χ3v) is 6.15. The van der Waals surface area contributed by atoms with Gasteiger partial charge in [-0.2, -0.15) is 0 Å². The van der Waals surface area contributed by atoms with Crippen LogP contribution in [-0.2, 0) is 6.54 Å². The van der Waals surface area contributed by atoms with E-state index in [2.05, 4.69) is 17.1 Å². The van der Waals surface area contributed by atoms with Crippen LogP contribution in [0.5, 0.6) is 0 Å². The lowest BCUT2D eigenvalue weighted by atomic mass is 10.1. The Balaban J connectivity index is 1.82. The van der Waals surface area contributed by atoms with E-state index >= 15 is 0 Å². The fraction of sp³-hybridized carbons (Fsp3) is 0.286. The fourth-order valence-corrected chi connectivity index (χ4v) is 4.42. The predicted molar refractivity (Wildman–Crippen MR) is 117 cm³/mol. The zero-order valence-electron chi connectivity index (χ0n) is 16.7. The number of nitro benzene ring substituents is 1. The fourth-order valence-electron chi connectivity index (χ4n) is 3.45. The summed E-state index contributed by atoms with van der Waals surface area (Å²) in [7, 11) is 0. The van der Waals surface area contributed by atoms with Gasteiger partial charge in [0.15, 0.2) is 5.16 Å². The monoisotopic (exact) mass is 423 g/mol. The molecule has 0 N–H and O–H groups in total. The van der Waals surface area contributed by atoms with Gasteiger partial charge in [0.1, 0.15) is 0 Å². The Morgan fingerprint density at radius 1 is 1.17 bits per heavy atom. The van der Waals surface area contributed by atoms with E-state index < -0.39 is 4.92 Å². The maximum absolute atomic E-state index is 13.0. The Morgan fingerprint density at radius 2 is 1.97 bits per heavy atom. The van der Waals surface area contributed by atoms with E-state index in [4.69, 9.17) is 0 Å². The summed E-state index contributed by atoms with van der Waals surface area (Å²) in [5.74, 6) is 0.515. The Kier molecular flexibility index (Phi) is 5.54. The lowest BCUT2D eigenvalue weighted by molar-refractivity contribution is -0.384. The number of thioether (sulfide) groups is 1. The molecule has 8 nitrogen and oxygen atoms in total. The number of hydrogen-bond donors (Lipinski definition) is 0. The number of nitro groups is 1. The Labute approximate surface area is 176 Å². The van der Waals surface area contributed by atoms with Crippen molar-refractivity contribution in [3.05, 3.63) is 74.6 Å². The van der Waals surface area contributed by atoms with Crippen molar-refractivity contribution in [3.8, 4) is 0 Å². The second kappa shape index (κ2) is 8.27. The van der Waals surface area contributed by atoms with Crippen LogP contribution in [0.4, 0.5) is 5.69 Å². The highest BCUT2D eigenvalue weighted by Crippen LogP contribution is 2.35. The normalized spacial score (nSPS) is 12.5. The molecule has 4 rings (SSSR count). The first-order valence-corrected chi connectivity index (χ1v) is 10.7. The molecular formula is C21H21N5O3S. The van der Waals surface area contributed by atoms with E-state index in [1.54, 1.807) is 16.7 Å². The molecule has 0 saturated heterocycles. The zero-order chi connectivity index (χ0) is 21.3. The van der Waals surface area contributed by atoms with Gasteiger partial charge >= 0.3 is 0 Å². The van der Waals surface area contributed by atoms with Crippen molar-refractivity contribution >= 4 is 34.1 Å². The second-order valence-corrected chi connectivity index (χ2v) is 8.37. The quantitative estimate of drug-likeness (QED) is 0.245. The Morgan fingerprint density at radius 3 is 2.73 bits per heavy atom. The van der Waals surface area contributed by atoms with Gasteiger partial charge < -0.3 is 0 Å². The van der Waals surface area contributed by atoms with Crippen molar-refractivity contribution in [2.75, 3.05) is 0 Å². The molecule has 0 aliphatic heterocycles. The van der Waals surface area contributed by atoms with Gasteiger partial charge in [0.25, 0.3) is 11.2 Å². The summed E-state index contributed by atoms with van der Waals surface area (Å²) in [6, 6.07) is 14.0. The number of para-hydroxylation sites is 1. The first-order valence-electron chi connectivity index (χ1n) is 9.79. The molecule has 1 unspecified atom stereocenters. The molecule has 0 saturated carbocycles. The van der Waals surface area contributed by atoms with Crippen LogP contribution in [0.1, 0.15) is 37.5 Å². The van der Waals surface area contributed by atoms with Gasteiger partial charge in [-0.1, -0.05) is 49.4 Å². The predicted octanol–water partition coefficient (Wildman–Crippen LogP) is 4.61. The average Bonchev–Trinajstić information content (AvgIpc) is 3.17. The molecule has 0 aliphatic rings. The van der Waals surface area contributed by atoms with Gasteiger partial charge in [-0.25, -0.2) is 0 Å². The number of benzene rings is 2. The van der Waals surface area contributed by atoms with Gasteiger partial charge in [0.2, 0.25) is 5.78 Å². The number of rotatable bonds is 7. The van der Waals surface area contributed by atoms with Crippen LogP contribution < -0.4 is 5.56 Å². The molecule has 2 aromatic heterocycles. The van der Waals surface area contributed by atoms with Crippen molar-refractivity contribution in [2.45, 2.75) is 43.6 Å².